The first kappa shape index (κ1) is 18.6. The van der Waals surface area contributed by atoms with Gasteiger partial charge in [0.25, 0.3) is 0 Å². The van der Waals surface area contributed by atoms with Gasteiger partial charge in [-0.2, -0.15) is 0 Å². The van der Waals surface area contributed by atoms with E-state index in [0.29, 0.717) is 18.8 Å². The highest BCUT2D eigenvalue weighted by Crippen LogP contribution is 2.20. The first-order valence-electron chi connectivity index (χ1n) is 8.00. The normalized spacial score (nSPS) is 14.0. The summed E-state index contributed by atoms with van der Waals surface area (Å²) >= 11 is 0. The lowest BCUT2D eigenvalue weighted by atomic mass is 9.86. The molecule has 1 amide bonds. The number of aromatic nitrogens is 3. The van der Waals surface area contributed by atoms with Crippen LogP contribution in [-0.2, 0) is 17.8 Å². The zero-order chi connectivity index (χ0) is 17.0. The minimum atomic E-state index is -0.262. The number of aryl methyl sites for hydroxylation is 1. The van der Waals surface area contributed by atoms with Crippen LogP contribution in [0.2, 0.25) is 0 Å². The van der Waals surface area contributed by atoms with E-state index >= 15 is 0 Å². The number of rotatable bonds is 7. The van der Waals surface area contributed by atoms with Crippen molar-refractivity contribution < 1.29 is 4.79 Å². The first-order chi connectivity index (χ1) is 10.0. The van der Waals surface area contributed by atoms with E-state index in [0.717, 1.165) is 18.7 Å². The third-order valence-electron chi connectivity index (χ3n) is 3.76. The molecule has 0 aliphatic heterocycles. The molecule has 1 rings (SSSR count). The van der Waals surface area contributed by atoms with Gasteiger partial charge in [0.05, 0.1) is 11.9 Å². The van der Waals surface area contributed by atoms with Gasteiger partial charge in [-0.05, 0) is 53.4 Å². The number of nitrogens with zero attached hydrogens (tertiary/aromatic N) is 3. The number of amides is 1. The summed E-state index contributed by atoms with van der Waals surface area (Å²) in [6, 6.07) is 0. The summed E-state index contributed by atoms with van der Waals surface area (Å²) in [7, 11) is 0. The number of hydrogen-bond acceptors (Lipinski definition) is 4. The highest BCUT2D eigenvalue weighted by atomic mass is 16.1. The van der Waals surface area contributed by atoms with Crippen molar-refractivity contribution in [2.75, 3.05) is 0 Å². The van der Waals surface area contributed by atoms with E-state index in [9.17, 15) is 4.79 Å². The van der Waals surface area contributed by atoms with E-state index < -0.39 is 0 Å². The standard InChI is InChI=1S/C16H31N5O/c1-7-12(16(5,6)17)11-21-13(10-18-20-21)8-9-14(22)19-15(2,3)4/h10,12H,7-9,11,17H2,1-6H3,(H,19,22). The van der Waals surface area contributed by atoms with Crippen molar-refractivity contribution in [3.63, 3.8) is 0 Å². The molecule has 6 nitrogen and oxygen atoms in total. The molecule has 1 atom stereocenters. The molecule has 6 heteroatoms. The van der Waals surface area contributed by atoms with Crippen molar-refractivity contribution in [3.05, 3.63) is 11.9 Å². The number of nitrogens with one attached hydrogen (secondary N) is 1. The fourth-order valence-electron chi connectivity index (χ4n) is 2.45. The van der Waals surface area contributed by atoms with Crippen LogP contribution in [0.5, 0.6) is 0 Å². The molecule has 0 aromatic carbocycles. The van der Waals surface area contributed by atoms with Gasteiger partial charge in [-0.3, -0.25) is 4.79 Å². The predicted octanol–water partition coefficient (Wildman–Crippen LogP) is 1.89. The lowest BCUT2D eigenvalue weighted by molar-refractivity contribution is -0.122. The Labute approximate surface area is 133 Å². The molecule has 0 saturated carbocycles. The van der Waals surface area contributed by atoms with E-state index in [-0.39, 0.29) is 17.0 Å². The van der Waals surface area contributed by atoms with Crippen LogP contribution in [0.3, 0.4) is 0 Å². The molecule has 0 spiro atoms. The molecule has 0 aliphatic carbocycles. The Hall–Kier alpha value is -1.43. The van der Waals surface area contributed by atoms with Gasteiger partial charge in [0.15, 0.2) is 0 Å². The van der Waals surface area contributed by atoms with Gasteiger partial charge in [0.1, 0.15) is 0 Å². The summed E-state index contributed by atoms with van der Waals surface area (Å²) in [6.07, 6.45) is 3.79. The molecule has 1 aromatic heterocycles. The molecule has 0 fully saturated rings. The molecular formula is C16H31N5O. The Kier molecular flexibility index (Phi) is 6.11. The zero-order valence-corrected chi connectivity index (χ0v) is 14.8. The van der Waals surface area contributed by atoms with E-state index in [1.54, 1.807) is 6.20 Å². The van der Waals surface area contributed by atoms with Gasteiger partial charge >= 0.3 is 0 Å². The molecule has 0 saturated heterocycles. The maximum atomic E-state index is 11.9. The largest absolute Gasteiger partial charge is 0.351 e. The third kappa shape index (κ3) is 6.13. The molecule has 0 aliphatic rings. The highest BCUT2D eigenvalue weighted by Gasteiger charge is 2.25. The van der Waals surface area contributed by atoms with Crippen LogP contribution in [0, 0.1) is 5.92 Å². The summed E-state index contributed by atoms with van der Waals surface area (Å²) in [5, 5.41) is 11.1. The quantitative estimate of drug-likeness (QED) is 0.805. The molecule has 0 radical (unpaired) electrons. The average molecular weight is 309 g/mol. The van der Waals surface area contributed by atoms with Crippen molar-refractivity contribution in [1.29, 1.82) is 0 Å². The second-order valence-electron chi connectivity index (χ2n) is 7.63. The first-order valence-corrected chi connectivity index (χ1v) is 8.00. The van der Waals surface area contributed by atoms with Gasteiger partial charge in [-0.15, -0.1) is 5.10 Å². The van der Waals surface area contributed by atoms with Crippen molar-refractivity contribution in [2.45, 2.75) is 78.4 Å². The summed E-state index contributed by atoms with van der Waals surface area (Å²) in [4.78, 5) is 11.9. The van der Waals surface area contributed by atoms with Crippen LogP contribution in [0.25, 0.3) is 0 Å². The molecule has 1 unspecified atom stereocenters. The Balaban J connectivity index is 2.64. The summed E-state index contributed by atoms with van der Waals surface area (Å²) < 4.78 is 1.88. The second kappa shape index (κ2) is 7.22. The second-order valence-corrected chi connectivity index (χ2v) is 7.63. The van der Waals surface area contributed by atoms with Crippen LogP contribution >= 0.6 is 0 Å². The molecule has 1 heterocycles. The molecule has 22 heavy (non-hydrogen) atoms. The summed E-state index contributed by atoms with van der Waals surface area (Å²) in [6.45, 7) is 12.9. The fourth-order valence-corrected chi connectivity index (χ4v) is 2.45. The fraction of sp³-hybridized carbons (Fsp3) is 0.812. The number of hydrogen-bond donors (Lipinski definition) is 2. The summed E-state index contributed by atoms with van der Waals surface area (Å²) in [5.74, 6) is 0.364. The topological polar surface area (TPSA) is 85.8 Å². The van der Waals surface area contributed by atoms with Gasteiger partial charge in [0.2, 0.25) is 5.91 Å². The monoisotopic (exact) mass is 309 g/mol. The lowest BCUT2D eigenvalue weighted by Crippen LogP contribution is -2.43. The van der Waals surface area contributed by atoms with Gasteiger partial charge in [-0.1, -0.05) is 12.1 Å². The average Bonchev–Trinajstić information content (AvgIpc) is 2.77. The number of carbonyl (C=O) groups is 1. The van der Waals surface area contributed by atoms with E-state index in [4.69, 9.17) is 5.73 Å². The van der Waals surface area contributed by atoms with Crippen molar-refractivity contribution in [1.82, 2.24) is 20.3 Å². The Morgan fingerprint density at radius 1 is 1.36 bits per heavy atom. The van der Waals surface area contributed by atoms with Crippen LogP contribution in [0.1, 0.15) is 60.1 Å². The molecule has 1 aromatic rings. The van der Waals surface area contributed by atoms with Crippen LogP contribution in [-0.4, -0.2) is 32.0 Å². The maximum absolute atomic E-state index is 11.9. The van der Waals surface area contributed by atoms with Gasteiger partial charge in [0, 0.05) is 24.0 Å². The van der Waals surface area contributed by atoms with Crippen molar-refractivity contribution >= 4 is 5.91 Å². The van der Waals surface area contributed by atoms with E-state index in [1.165, 1.54) is 0 Å². The molecule has 3 N–H and O–H groups in total. The molecule has 0 bridgehead atoms. The molecule has 126 valence electrons. The Morgan fingerprint density at radius 3 is 2.50 bits per heavy atom. The smallest absolute Gasteiger partial charge is 0.220 e. The molecular weight excluding hydrogens is 278 g/mol. The van der Waals surface area contributed by atoms with Crippen molar-refractivity contribution in [3.8, 4) is 0 Å². The number of carbonyl (C=O) groups excluding carboxylic acids is 1. The van der Waals surface area contributed by atoms with Crippen LogP contribution in [0.4, 0.5) is 0 Å². The lowest BCUT2D eigenvalue weighted by Gasteiger charge is -2.29. The summed E-state index contributed by atoms with van der Waals surface area (Å²) in [5.41, 5.74) is 6.74. The highest BCUT2D eigenvalue weighted by molar-refractivity contribution is 5.76. The van der Waals surface area contributed by atoms with Crippen molar-refractivity contribution in [2.24, 2.45) is 11.7 Å². The minimum absolute atomic E-state index is 0.0476. The minimum Gasteiger partial charge on any atom is -0.351 e. The Bertz CT molecular complexity index is 481. The third-order valence-corrected chi connectivity index (χ3v) is 3.76. The van der Waals surface area contributed by atoms with Crippen LogP contribution < -0.4 is 11.1 Å². The van der Waals surface area contributed by atoms with E-state index in [1.807, 2.05) is 39.3 Å². The van der Waals surface area contributed by atoms with Crippen LogP contribution in [0.15, 0.2) is 6.20 Å². The van der Waals surface area contributed by atoms with Gasteiger partial charge in [-0.25, -0.2) is 4.68 Å². The predicted molar refractivity (Wildman–Crippen MR) is 88.3 cm³/mol. The zero-order valence-electron chi connectivity index (χ0n) is 14.8. The SMILES string of the molecule is CCC(Cn1nncc1CCC(=O)NC(C)(C)C)C(C)(C)N. The Morgan fingerprint density at radius 2 is 2.00 bits per heavy atom. The van der Waals surface area contributed by atoms with E-state index in [2.05, 4.69) is 22.6 Å². The number of nitrogens with two attached hydrogens (primary N) is 1. The van der Waals surface area contributed by atoms with Gasteiger partial charge < -0.3 is 11.1 Å². The maximum Gasteiger partial charge on any atom is 0.220 e.